The van der Waals surface area contributed by atoms with Gasteiger partial charge in [-0.1, -0.05) is 12.1 Å². The first-order valence-corrected chi connectivity index (χ1v) is 7.36. The molecule has 3 heterocycles. The summed E-state index contributed by atoms with van der Waals surface area (Å²) >= 11 is 1.74. The van der Waals surface area contributed by atoms with Crippen LogP contribution in [0, 0.1) is 0 Å². The van der Waals surface area contributed by atoms with Gasteiger partial charge in [-0.25, -0.2) is 4.98 Å². The minimum atomic E-state index is 0.0945. The van der Waals surface area contributed by atoms with Crippen molar-refractivity contribution >= 4 is 11.3 Å². The van der Waals surface area contributed by atoms with Crippen LogP contribution < -0.4 is 5.32 Å². The van der Waals surface area contributed by atoms with Crippen LogP contribution in [0.25, 0.3) is 0 Å². The number of aromatic nitrogens is 3. The van der Waals surface area contributed by atoms with Gasteiger partial charge in [-0.15, -0.1) is 11.3 Å². The Labute approximate surface area is 122 Å². The molecule has 0 saturated heterocycles. The maximum Gasteiger partial charge on any atom is 0.131 e. The number of pyridine rings is 1. The zero-order valence-electron chi connectivity index (χ0n) is 11.2. The largest absolute Gasteiger partial charge is 0.336 e. The van der Waals surface area contributed by atoms with Crippen LogP contribution in [0.5, 0.6) is 0 Å². The summed E-state index contributed by atoms with van der Waals surface area (Å²) in [6, 6.07) is 10.3. The zero-order chi connectivity index (χ0) is 13.8. The Morgan fingerprint density at radius 1 is 1.20 bits per heavy atom. The van der Waals surface area contributed by atoms with Gasteiger partial charge in [0, 0.05) is 37.1 Å². The molecule has 0 bridgehead atoms. The predicted molar refractivity (Wildman–Crippen MR) is 80.4 cm³/mol. The second kappa shape index (κ2) is 5.98. The fourth-order valence-electron chi connectivity index (χ4n) is 2.14. The van der Waals surface area contributed by atoms with Crippen molar-refractivity contribution in [3.63, 3.8) is 0 Å². The van der Waals surface area contributed by atoms with E-state index < -0.39 is 0 Å². The van der Waals surface area contributed by atoms with Gasteiger partial charge >= 0.3 is 0 Å². The van der Waals surface area contributed by atoms with Crippen LogP contribution in [-0.2, 0) is 13.6 Å². The molecule has 0 aliphatic heterocycles. The Hall–Kier alpha value is -1.98. The Morgan fingerprint density at radius 2 is 2.15 bits per heavy atom. The maximum absolute atomic E-state index is 4.47. The van der Waals surface area contributed by atoms with E-state index in [1.54, 1.807) is 11.3 Å². The Balaban J connectivity index is 1.82. The quantitative estimate of drug-likeness (QED) is 0.783. The molecule has 0 saturated carbocycles. The van der Waals surface area contributed by atoms with E-state index >= 15 is 0 Å². The lowest BCUT2D eigenvalue weighted by atomic mass is 10.2. The molecule has 5 heteroatoms. The van der Waals surface area contributed by atoms with Crippen molar-refractivity contribution in [3.05, 3.63) is 70.7 Å². The molecule has 3 aromatic heterocycles. The third-order valence-corrected chi connectivity index (χ3v) is 4.09. The number of nitrogens with one attached hydrogen (secondary N) is 1. The molecule has 1 unspecified atom stereocenters. The number of rotatable bonds is 5. The van der Waals surface area contributed by atoms with Gasteiger partial charge in [0.1, 0.15) is 11.9 Å². The number of nitrogens with zero attached hydrogens (tertiary/aromatic N) is 3. The third kappa shape index (κ3) is 2.79. The van der Waals surface area contributed by atoms with Crippen LogP contribution in [0.1, 0.15) is 22.4 Å². The highest BCUT2D eigenvalue weighted by atomic mass is 32.1. The third-order valence-electron chi connectivity index (χ3n) is 3.16. The molecule has 3 rings (SSSR count). The highest BCUT2D eigenvalue weighted by Gasteiger charge is 2.18. The number of hydrogen-bond donors (Lipinski definition) is 1. The SMILES string of the molecule is Cn1ccnc1C(NCc1ccccn1)c1cccs1. The van der Waals surface area contributed by atoms with Gasteiger partial charge in [-0.3, -0.25) is 10.3 Å². The molecular formula is C15H16N4S. The van der Waals surface area contributed by atoms with Crippen molar-refractivity contribution in [3.8, 4) is 0 Å². The number of aryl methyl sites for hydroxylation is 1. The molecule has 4 nitrogen and oxygen atoms in total. The molecule has 20 heavy (non-hydrogen) atoms. The molecular weight excluding hydrogens is 268 g/mol. The second-order valence-electron chi connectivity index (χ2n) is 4.55. The van der Waals surface area contributed by atoms with E-state index in [-0.39, 0.29) is 6.04 Å². The monoisotopic (exact) mass is 284 g/mol. The summed E-state index contributed by atoms with van der Waals surface area (Å²) in [5.41, 5.74) is 1.03. The van der Waals surface area contributed by atoms with E-state index in [0.29, 0.717) is 0 Å². The summed E-state index contributed by atoms with van der Waals surface area (Å²) in [5.74, 6) is 1.02. The molecule has 0 aliphatic carbocycles. The van der Waals surface area contributed by atoms with Crippen molar-refractivity contribution in [2.24, 2.45) is 7.05 Å². The fourth-order valence-corrected chi connectivity index (χ4v) is 2.94. The lowest BCUT2D eigenvalue weighted by molar-refractivity contribution is 0.559. The smallest absolute Gasteiger partial charge is 0.131 e. The summed E-state index contributed by atoms with van der Waals surface area (Å²) in [7, 11) is 2.02. The molecule has 102 valence electrons. The average Bonchev–Trinajstić information content (AvgIpc) is 3.13. The number of thiophene rings is 1. The number of hydrogen-bond acceptors (Lipinski definition) is 4. The summed E-state index contributed by atoms with van der Waals surface area (Å²) in [6.07, 6.45) is 5.62. The summed E-state index contributed by atoms with van der Waals surface area (Å²) in [4.78, 5) is 10.1. The van der Waals surface area contributed by atoms with Gasteiger partial charge in [0.2, 0.25) is 0 Å². The molecule has 3 aromatic rings. The normalized spacial score (nSPS) is 12.4. The van der Waals surface area contributed by atoms with Crippen molar-refractivity contribution < 1.29 is 0 Å². The van der Waals surface area contributed by atoms with Crippen molar-refractivity contribution in [2.45, 2.75) is 12.6 Å². The lowest BCUT2D eigenvalue weighted by Gasteiger charge is -2.17. The van der Waals surface area contributed by atoms with Gasteiger partial charge < -0.3 is 4.57 Å². The molecule has 0 aliphatic rings. The molecule has 0 fully saturated rings. The Bertz CT molecular complexity index is 646. The van der Waals surface area contributed by atoms with Crippen LogP contribution in [0.15, 0.2) is 54.3 Å². The molecule has 0 amide bonds. The van der Waals surface area contributed by atoms with Crippen molar-refractivity contribution in [1.82, 2.24) is 19.9 Å². The van der Waals surface area contributed by atoms with E-state index in [1.165, 1.54) is 4.88 Å². The van der Waals surface area contributed by atoms with Gasteiger partial charge in [0.05, 0.1) is 5.69 Å². The summed E-state index contributed by atoms with van der Waals surface area (Å²) < 4.78 is 2.05. The van der Waals surface area contributed by atoms with Crippen LogP contribution in [0.2, 0.25) is 0 Å². The van der Waals surface area contributed by atoms with Crippen LogP contribution in [0.3, 0.4) is 0 Å². The summed E-state index contributed by atoms with van der Waals surface area (Å²) in [6.45, 7) is 0.719. The van der Waals surface area contributed by atoms with E-state index in [2.05, 4.69) is 37.4 Å². The number of imidazole rings is 1. The van der Waals surface area contributed by atoms with Crippen LogP contribution in [-0.4, -0.2) is 14.5 Å². The molecule has 0 spiro atoms. The van der Waals surface area contributed by atoms with E-state index in [4.69, 9.17) is 0 Å². The summed E-state index contributed by atoms with van der Waals surface area (Å²) in [5, 5.41) is 5.64. The van der Waals surface area contributed by atoms with E-state index in [1.807, 2.05) is 43.8 Å². The molecule has 0 radical (unpaired) electrons. The van der Waals surface area contributed by atoms with Gasteiger partial charge in [0.25, 0.3) is 0 Å². The van der Waals surface area contributed by atoms with Crippen LogP contribution in [0.4, 0.5) is 0 Å². The maximum atomic E-state index is 4.47. The first kappa shape index (κ1) is 13.0. The fraction of sp³-hybridized carbons (Fsp3) is 0.200. The van der Waals surface area contributed by atoms with Crippen molar-refractivity contribution in [1.29, 1.82) is 0 Å². The topological polar surface area (TPSA) is 42.7 Å². The van der Waals surface area contributed by atoms with Crippen LogP contribution >= 0.6 is 11.3 Å². The Morgan fingerprint density at radius 3 is 2.80 bits per heavy atom. The predicted octanol–water partition coefficient (Wildman–Crippen LogP) is 2.76. The van der Waals surface area contributed by atoms with Gasteiger partial charge in [-0.05, 0) is 23.6 Å². The van der Waals surface area contributed by atoms with Gasteiger partial charge in [0.15, 0.2) is 0 Å². The first-order chi connectivity index (χ1) is 9.84. The molecule has 0 aromatic carbocycles. The van der Waals surface area contributed by atoms with Crippen molar-refractivity contribution in [2.75, 3.05) is 0 Å². The first-order valence-electron chi connectivity index (χ1n) is 6.48. The lowest BCUT2D eigenvalue weighted by Crippen LogP contribution is -2.24. The second-order valence-corrected chi connectivity index (χ2v) is 5.53. The van der Waals surface area contributed by atoms with E-state index in [9.17, 15) is 0 Å². The highest BCUT2D eigenvalue weighted by molar-refractivity contribution is 7.10. The highest BCUT2D eigenvalue weighted by Crippen LogP contribution is 2.24. The van der Waals surface area contributed by atoms with E-state index in [0.717, 1.165) is 18.1 Å². The Kier molecular flexibility index (Phi) is 3.90. The zero-order valence-corrected chi connectivity index (χ0v) is 12.0. The standard InChI is InChI=1S/C15H16N4S/c1-19-9-8-17-15(19)14(13-6-4-10-20-13)18-11-12-5-2-3-7-16-12/h2-10,14,18H,11H2,1H3. The van der Waals surface area contributed by atoms with Gasteiger partial charge in [-0.2, -0.15) is 0 Å². The minimum Gasteiger partial charge on any atom is -0.336 e. The molecule has 1 atom stereocenters. The molecule has 1 N–H and O–H groups in total. The minimum absolute atomic E-state index is 0.0945. The average molecular weight is 284 g/mol.